The normalized spacial score (nSPS) is 13.3. The van der Waals surface area contributed by atoms with Crippen LogP contribution in [-0.2, 0) is 18.9 Å². The van der Waals surface area contributed by atoms with Crippen molar-refractivity contribution in [3.63, 3.8) is 0 Å². The van der Waals surface area contributed by atoms with Crippen LogP contribution < -0.4 is 0 Å². The zero-order chi connectivity index (χ0) is 21.6. The maximum absolute atomic E-state index is 6.32. The van der Waals surface area contributed by atoms with Crippen molar-refractivity contribution < 1.29 is 18.9 Å². The minimum absolute atomic E-state index is 0.229. The molecule has 29 heavy (non-hydrogen) atoms. The smallest absolute Gasteiger partial charge is 0.285 e. The molecule has 0 amide bonds. The van der Waals surface area contributed by atoms with Crippen LogP contribution in [0.3, 0.4) is 0 Å². The second kappa shape index (κ2) is 20.7. The van der Waals surface area contributed by atoms with Crippen LogP contribution in [0.1, 0.15) is 112 Å². The Hall–Kier alpha value is -0.580. The van der Waals surface area contributed by atoms with Crippen LogP contribution >= 0.6 is 0 Å². The first kappa shape index (κ1) is 28.4. The van der Waals surface area contributed by atoms with Gasteiger partial charge in [0, 0.05) is 5.92 Å². The molecule has 0 aromatic rings. The van der Waals surface area contributed by atoms with Gasteiger partial charge in [-0.15, -0.1) is 0 Å². The number of allylic oxidation sites excluding steroid dienone is 1. The zero-order valence-electron chi connectivity index (χ0n) is 20.2. The van der Waals surface area contributed by atoms with Gasteiger partial charge in [0.05, 0.1) is 32.7 Å². The van der Waals surface area contributed by atoms with E-state index in [1.165, 1.54) is 38.5 Å². The van der Waals surface area contributed by atoms with Crippen LogP contribution in [0.15, 0.2) is 12.3 Å². The average Bonchev–Trinajstić information content (AvgIpc) is 2.74. The number of hydrogen-bond acceptors (Lipinski definition) is 4. The van der Waals surface area contributed by atoms with Crippen LogP contribution in [0.2, 0.25) is 0 Å². The van der Waals surface area contributed by atoms with Gasteiger partial charge >= 0.3 is 0 Å². The lowest BCUT2D eigenvalue weighted by Gasteiger charge is -2.40. The predicted octanol–water partition coefficient (Wildman–Crippen LogP) is 7.62. The molecule has 0 aliphatic heterocycles. The molecule has 0 aromatic carbocycles. The maximum atomic E-state index is 6.32. The minimum Gasteiger partial charge on any atom is -0.502 e. The maximum Gasteiger partial charge on any atom is 0.285 e. The molecule has 0 heterocycles. The third-order valence-electron chi connectivity index (χ3n) is 4.98. The van der Waals surface area contributed by atoms with E-state index in [2.05, 4.69) is 27.7 Å². The summed E-state index contributed by atoms with van der Waals surface area (Å²) in [6, 6.07) is 0. The second-order valence-electron chi connectivity index (χ2n) is 7.88. The molecule has 0 N–H and O–H groups in total. The SMILES string of the molecule is CC=COCCCC(CCCCCCCC)C(OCCC)(OCCC)OCCC. The van der Waals surface area contributed by atoms with Crippen LogP contribution in [-0.4, -0.2) is 32.4 Å². The Kier molecular flexibility index (Phi) is 20.3. The zero-order valence-corrected chi connectivity index (χ0v) is 20.2. The lowest BCUT2D eigenvalue weighted by atomic mass is 9.93. The molecule has 1 atom stereocenters. The molecule has 0 radical (unpaired) electrons. The highest BCUT2D eigenvalue weighted by molar-refractivity contribution is 4.74. The van der Waals surface area contributed by atoms with E-state index in [4.69, 9.17) is 18.9 Å². The van der Waals surface area contributed by atoms with Gasteiger partial charge in [-0.1, -0.05) is 72.3 Å². The lowest BCUT2D eigenvalue weighted by molar-refractivity contribution is -0.406. The summed E-state index contributed by atoms with van der Waals surface area (Å²) in [6.07, 6.45) is 17.4. The molecular formula is C25H50O4. The summed E-state index contributed by atoms with van der Waals surface area (Å²) in [5.41, 5.74) is 0. The molecule has 0 aliphatic carbocycles. The Labute approximate surface area is 181 Å². The molecular weight excluding hydrogens is 364 g/mol. The highest BCUT2D eigenvalue weighted by atomic mass is 16.9. The van der Waals surface area contributed by atoms with Crippen molar-refractivity contribution in [1.82, 2.24) is 0 Å². The van der Waals surface area contributed by atoms with Crippen molar-refractivity contribution in [1.29, 1.82) is 0 Å². The Morgan fingerprint density at radius 3 is 1.66 bits per heavy atom. The fraction of sp³-hybridized carbons (Fsp3) is 0.920. The topological polar surface area (TPSA) is 36.9 Å². The Balaban J connectivity index is 5.11. The summed E-state index contributed by atoms with van der Waals surface area (Å²) in [5, 5.41) is 0. The molecule has 0 saturated heterocycles. The van der Waals surface area contributed by atoms with E-state index in [0.717, 1.165) is 45.1 Å². The summed E-state index contributed by atoms with van der Waals surface area (Å²) in [6.45, 7) is 13.4. The van der Waals surface area contributed by atoms with Crippen LogP contribution in [0.4, 0.5) is 0 Å². The van der Waals surface area contributed by atoms with Crippen molar-refractivity contribution >= 4 is 0 Å². The van der Waals surface area contributed by atoms with E-state index >= 15 is 0 Å². The highest BCUT2D eigenvalue weighted by Gasteiger charge is 2.41. The van der Waals surface area contributed by atoms with E-state index in [0.29, 0.717) is 19.8 Å². The van der Waals surface area contributed by atoms with Crippen LogP contribution in [0, 0.1) is 5.92 Å². The van der Waals surface area contributed by atoms with Crippen molar-refractivity contribution in [2.45, 2.75) is 118 Å². The van der Waals surface area contributed by atoms with E-state index in [9.17, 15) is 0 Å². The van der Waals surface area contributed by atoms with Gasteiger partial charge in [0.1, 0.15) is 0 Å². The van der Waals surface area contributed by atoms with E-state index < -0.39 is 5.97 Å². The first-order chi connectivity index (χ1) is 14.2. The number of rotatable bonds is 22. The lowest BCUT2D eigenvalue weighted by Crippen LogP contribution is -2.47. The number of hydrogen-bond donors (Lipinski definition) is 0. The molecule has 0 fully saturated rings. The van der Waals surface area contributed by atoms with Crippen molar-refractivity contribution in [2.24, 2.45) is 5.92 Å². The van der Waals surface area contributed by atoms with Gasteiger partial charge in [0.2, 0.25) is 0 Å². The van der Waals surface area contributed by atoms with Gasteiger partial charge in [-0.05, 0) is 45.4 Å². The van der Waals surface area contributed by atoms with Gasteiger partial charge < -0.3 is 18.9 Å². The van der Waals surface area contributed by atoms with Gasteiger partial charge in [0.15, 0.2) is 0 Å². The van der Waals surface area contributed by atoms with E-state index in [1.807, 2.05) is 13.0 Å². The van der Waals surface area contributed by atoms with Crippen molar-refractivity contribution in [3.05, 3.63) is 12.3 Å². The molecule has 0 spiro atoms. The summed E-state index contributed by atoms with van der Waals surface area (Å²) < 4.78 is 24.5. The molecule has 0 aliphatic rings. The van der Waals surface area contributed by atoms with Crippen molar-refractivity contribution in [3.8, 4) is 0 Å². The molecule has 0 saturated carbocycles. The third-order valence-corrected chi connectivity index (χ3v) is 4.98. The molecule has 1 unspecified atom stereocenters. The Morgan fingerprint density at radius 2 is 1.14 bits per heavy atom. The van der Waals surface area contributed by atoms with Crippen LogP contribution in [0.25, 0.3) is 0 Å². The summed E-state index contributed by atoms with van der Waals surface area (Å²) in [4.78, 5) is 0. The third kappa shape index (κ3) is 14.1. The minimum atomic E-state index is -0.911. The second-order valence-corrected chi connectivity index (χ2v) is 7.88. The molecule has 4 heteroatoms. The van der Waals surface area contributed by atoms with E-state index in [-0.39, 0.29) is 5.92 Å². The summed E-state index contributed by atoms with van der Waals surface area (Å²) >= 11 is 0. The van der Waals surface area contributed by atoms with Gasteiger partial charge in [0.25, 0.3) is 5.97 Å². The first-order valence-corrected chi connectivity index (χ1v) is 12.3. The van der Waals surface area contributed by atoms with Gasteiger partial charge in [-0.2, -0.15) is 0 Å². The molecule has 0 bridgehead atoms. The fourth-order valence-corrected chi connectivity index (χ4v) is 3.46. The number of ether oxygens (including phenoxy) is 4. The summed E-state index contributed by atoms with van der Waals surface area (Å²) in [7, 11) is 0. The van der Waals surface area contributed by atoms with Crippen molar-refractivity contribution in [2.75, 3.05) is 26.4 Å². The standard InChI is InChI=1S/C25H50O4/c1-6-11-12-13-14-15-17-24(18-16-23-26-19-7-2)25(27-20-8-3,28-21-9-4)29-22-10-5/h7,19,24H,6,8-18,20-23H2,1-5H3. The Bertz CT molecular complexity index is 335. The molecule has 174 valence electrons. The predicted molar refractivity (Wildman–Crippen MR) is 123 cm³/mol. The molecule has 0 aromatic heterocycles. The average molecular weight is 415 g/mol. The fourth-order valence-electron chi connectivity index (χ4n) is 3.46. The highest BCUT2D eigenvalue weighted by Crippen LogP contribution is 2.34. The quantitative estimate of drug-likeness (QED) is 0.104. The number of unbranched alkanes of at least 4 members (excludes halogenated alkanes) is 5. The monoisotopic (exact) mass is 414 g/mol. The van der Waals surface area contributed by atoms with Gasteiger partial charge in [-0.3, -0.25) is 0 Å². The summed E-state index contributed by atoms with van der Waals surface area (Å²) in [5.74, 6) is -0.681. The first-order valence-electron chi connectivity index (χ1n) is 12.3. The molecule has 4 nitrogen and oxygen atoms in total. The largest absolute Gasteiger partial charge is 0.502 e. The van der Waals surface area contributed by atoms with Crippen LogP contribution in [0.5, 0.6) is 0 Å². The van der Waals surface area contributed by atoms with E-state index in [1.54, 1.807) is 6.26 Å². The Morgan fingerprint density at radius 1 is 0.621 bits per heavy atom. The molecule has 0 rings (SSSR count). The van der Waals surface area contributed by atoms with Gasteiger partial charge in [-0.25, -0.2) is 0 Å².